The first-order chi connectivity index (χ1) is 17.8. The fourth-order valence-electron chi connectivity index (χ4n) is 4.39. The van der Waals surface area contributed by atoms with Gasteiger partial charge in [-0.25, -0.2) is 14.4 Å². The van der Waals surface area contributed by atoms with Gasteiger partial charge in [-0.15, -0.1) is 0 Å². The number of aromatic amines is 1. The molecule has 1 fully saturated rings. The molecule has 2 aromatic carbocycles. The molecule has 4 N–H and O–H groups in total. The number of rotatable bonds is 8. The minimum atomic E-state index is -1.49. The molecule has 0 spiro atoms. The maximum atomic E-state index is 13.1. The maximum Gasteiger partial charge on any atom is 0.408 e. The number of nitrogens with one attached hydrogen (secondary N) is 2. The minimum Gasteiger partial charge on any atom is -0.459 e. The summed E-state index contributed by atoms with van der Waals surface area (Å²) in [5.74, 6) is -1.86. The summed E-state index contributed by atoms with van der Waals surface area (Å²) in [6, 6.07) is 16.6. The van der Waals surface area contributed by atoms with Gasteiger partial charge in [-0.05, 0) is 17.5 Å². The number of H-pyrrole nitrogens is 1. The zero-order chi connectivity index (χ0) is 26.4. The van der Waals surface area contributed by atoms with Crippen molar-refractivity contribution in [3.8, 4) is 0 Å². The molecule has 1 heterocycles. The second-order valence-electron chi connectivity index (χ2n) is 8.74. The molecule has 0 bridgehead atoms. The van der Waals surface area contributed by atoms with Crippen LogP contribution in [0.15, 0.2) is 82.5 Å². The van der Waals surface area contributed by atoms with Gasteiger partial charge in [0, 0.05) is 18.2 Å². The van der Waals surface area contributed by atoms with E-state index in [4.69, 9.17) is 9.47 Å². The molecule has 11 nitrogen and oxygen atoms in total. The summed E-state index contributed by atoms with van der Waals surface area (Å²) < 4.78 is 11.7. The van der Waals surface area contributed by atoms with Crippen molar-refractivity contribution in [1.29, 1.82) is 0 Å². The number of amides is 1. The lowest BCUT2D eigenvalue weighted by atomic mass is 9.95. The van der Waals surface area contributed by atoms with Crippen molar-refractivity contribution in [3.05, 3.63) is 105 Å². The van der Waals surface area contributed by atoms with Gasteiger partial charge in [0.25, 0.3) is 5.56 Å². The van der Waals surface area contributed by atoms with Gasteiger partial charge in [-0.2, -0.15) is 0 Å². The van der Waals surface area contributed by atoms with Gasteiger partial charge >= 0.3 is 17.8 Å². The summed E-state index contributed by atoms with van der Waals surface area (Å²) in [5, 5.41) is 24.0. The van der Waals surface area contributed by atoms with Crippen LogP contribution in [0.4, 0.5) is 4.79 Å². The predicted molar refractivity (Wildman–Crippen MR) is 130 cm³/mol. The van der Waals surface area contributed by atoms with Crippen molar-refractivity contribution in [1.82, 2.24) is 14.9 Å². The van der Waals surface area contributed by atoms with Crippen molar-refractivity contribution < 1.29 is 29.3 Å². The first-order valence-electron chi connectivity index (χ1n) is 11.7. The summed E-state index contributed by atoms with van der Waals surface area (Å²) in [4.78, 5) is 51.5. The molecule has 1 aliphatic carbocycles. The lowest BCUT2D eigenvalue weighted by molar-refractivity contribution is -0.150. The van der Waals surface area contributed by atoms with Crippen LogP contribution in [0.2, 0.25) is 0 Å². The van der Waals surface area contributed by atoms with E-state index in [-0.39, 0.29) is 19.6 Å². The minimum absolute atomic E-state index is 0.0519. The number of carbonyl (C=O) groups is 2. The van der Waals surface area contributed by atoms with Gasteiger partial charge in [-0.3, -0.25) is 14.3 Å². The topological polar surface area (TPSA) is 160 Å². The maximum absolute atomic E-state index is 13.1. The highest BCUT2D eigenvalue weighted by Gasteiger charge is 2.49. The number of hydrogen-bond acceptors (Lipinski definition) is 8. The van der Waals surface area contributed by atoms with Gasteiger partial charge in [-0.1, -0.05) is 60.7 Å². The van der Waals surface area contributed by atoms with Crippen LogP contribution in [-0.2, 0) is 27.5 Å². The fraction of sp³-hybridized carbons (Fsp3) is 0.308. The van der Waals surface area contributed by atoms with Crippen LogP contribution in [0.3, 0.4) is 0 Å². The standard InChI is InChI=1S/C26H27N3O8/c30-20-11-12-29(25(34)27-20)19-13-18(22(31)23(19)32)21(24(33)36-14-16-7-3-1-4-8-16)28-26(35)37-15-17-9-5-2-6-10-17/h1-12,18-19,21-23,31-32H,13-15H2,(H,28,35)(H,27,30,34)/t18-,19-,21-,22-,23+/m1/s1. The van der Waals surface area contributed by atoms with E-state index >= 15 is 0 Å². The third kappa shape index (κ3) is 6.32. The van der Waals surface area contributed by atoms with Crippen molar-refractivity contribution in [2.75, 3.05) is 0 Å². The summed E-state index contributed by atoms with van der Waals surface area (Å²) >= 11 is 0. The molecule has 37 heavy (non-hydrogen) atoms. The molecule has 0 saturated heterocycles. The van der Waals surface area contributed by atoms with Gasteiger partial charge in [0.05, 0.1) is 12.1 Å². The van der Waals surface area contributed by atoms with Crippen LogP contribution >= 0.6 is 0 Å². The molecule has 0 aliphatic heterocycles. The summed E-state index contributed by atoms with van der Waals surface area (Å²) in [7, 11) is 0. The highest BCUT2D eigenvalue weighted by atomic mass is 16.6. The molecule has 1 aromatic heterocycles. The molecule has 5 atom stereocenters. The SMILES string of the molecule is O=C(N[C@@H](C(=O)OCc1ccccc1)[C@H]1C[C@@H](n2ccc(=O)[nH]c2=O)[C@H](O)[C@@H]1O)OCc1ccccc1. The van der Waals surface area contributed by atoms with E-state index < -0.39 is 53.5 Å². The van der Waals surface area contributed by atoms with Gasteiger partial charge in [0.2, 0.25) is 0 Å². The zero-order valence-corrected chi connectivity index (χ0v) is 19.7. The highest BCUT2D eigenvalue weighted by molar-refractivity contribution is 5.82. The molecule has 1 aliphatic rings. The van der Waals surface area contributed by atoms with Crippen LogP contribution in [-0.4, -0.2) is 50.1 Å². The van der Waals surface area contributed by atoms with Crippen molar-refractivity contribution in [3.63, 3.8) is 0 Å². The quantitative estimate of drug-likeness (QED) is 0.325. The van der Waals surface area contributed by atoms with Gasteiger partial charge in [0.1, 0.15) is 25.4 Å². The third-order valence-corrected chi connectivity index (χ3v) is 6.30. The Hall–Kier alpha value is -4.22. The van der Waals surface area contributed by atoms with E-state index in [1.165, 1.54) is 6.20 Å². The average molecular weight is 510 g/mol. The zero-order valence-electron chi connectivity index (χ0n) is 19.7. The molecule has 11 heteroatoms. The first kappa shape index (κ1) is 25.9. The van der Waals surface area contributed by atoms with Crippen LogP contribution in [0.5, 0.6) is 0 Å². The number of aromatic nitrogens is 2. The second kappa shape index (κ2) is 11.7. The average Bonchev–Trinajstić information content (AvgIpc) is 3.19. The molecule has 1 amide bonds. The molecular formula is C26H27N3O8. The second-order valence-corrected chi connectivity index (χ2v) is 8.74. The molecule has 194 valence electrons. The fourth-order valence-corrected chi connectivity index (χ4v) is 4.39. The molecule has 3 aromatic rings. The van der Waals surface area contributed by atoms with Crippen LogP contribution in [0, 0.1) is 5.92 Å². The van der Waals surface area contributed by atoms with Crippen molar-refractivity contribution in [2.24, 2.45) is 5.92 Å². The first-order valence-corrected chi connectivity index (χ1v) is 11.7. The molecular weight excluding hydrogens is 482 g/mol. The van der Waals surface area contributed by atoms with E-state index in [1.807, 2.05) is 12.1 Å². The van der Waals surface area contributed by atoms with Crippen LogP contribution < -0.4 is 16.6 Å². The van der Waals surface area contributed by atoms with E-state index in [1.54, 1.807) is 48.5 Å². The summed E-state index contributed by atoms with van der Waals surface area (Å²) in [6.45, 7) is -0.130. The number of aliphatic hydroxyl groups is 2. The van der Waals surface area contributed by atoms with Crippen LogP contribution in [0.25, 0.3) is 0 Å². The van der Waals surface area contributed by atoms with Gasteiger partial charge < -0.3 is 25.0 Å². The lowest BCUT2D eigenvalue weighted by Crippen LogP contribution is -2.50. The molecule has 4 rings (SSSR count). The Kier molecular flexibility index (Phi) is 8.16. The molecule has 1 saturated carbocycles. The number of ether oxygens (including phenoxy) is 2. The van der Waals surface area contributed by atoms with E-state index in [0.29, 0.717) is 5.56 Å². The number of hydrogen-bond donors (Lipinski definition) is 4. The number of nitrogens with zero attached hydrogens (tertiary/aromatic N) is 1. The normalized spacial score (nSPS) is 21.7. The Morgan fingerprint density at radius 2 is 1.51 bits per heavy atom. The van der Waals surface area contributed by atoms with E-state index in [2.05, 4.69) is 10.3 Å². The van der Waals surface area contributed by atoms with Gasteiger partial charge in [0.15, 0.2) is 0 Å². The third-order valence-electron chi connectivity index (χ3n) is 6.30. The predicted octanol–water partition coefficient (Wildman–Crippen LogP) is 0.858. The Morgan fingerprint density at radius 3 is 2.11 bits per heavy atom. The number of esters is 1. The molecule has 0 unspecified atom stereocenters. The van der Waals surface area contributed by atoms with Crippen molar-refractivity contribution in [2.45, 2.75) is 43.9 Å². The number of benzene rings is 2. The lowest BCUT2D eigenvalue weighted by Gasteiger charge is -2.25. The number of aliphatic hydroxyl groups excluding tert-OH is 2. The summed E-state index contributed by atoms with van der Waals surface area (Å²) in [6.07, 6.45) is -2.74. The molecule has 0 radical (unpaired) electrons. The highest BCUT2D eigenvalue weighted by Crippen LogP contribution is 2.37. The van der Waals surface area contributed by atoms with Crippen LogP contribution in [0.1, 0.15) is 23.6 Å². The number of carbonyl (C=O) groups excluding carboxylic acids is 2. The Morgan fingerprint density at radius 1 is 0.919 bits per heavy atom. The Bertz CT molecular complexity index is 1320. The monoisotopic (exact) mass is 509 g/mol. The van der Waals surface area contributed by atoms with Crippen molar-refractivity contribution >= 4 is 12.1 Å². The largest absolute Gasteiger partial charge is 0.459 e. The Balaban J connectivity index is 1.52. The van der Waals surface area contributed by atoms with E-state index in [0.717, 1.165) is 16.2 Å². The number of alkyl carbamates (subject to hydrolysis) is 1. The van der Waals surface area contributed by atoms with E-state index in [9.17, 15) is 29.4 Å². The summed E-state index contributed by atoms with van der Waals surface area (Å²) in [5.41, 5.74) is 0.0551. The smallest absolute Gasteiger partial charge is 0.408 e. The Labute approximate surface area is 211 Å².